The molecule has 10 nitrogen and oxygen atoms in total. The average Bonchev–Trinajstić information content (AvgIpc) is 3.52. The molecular weight excluding hydrogens is 478 g/mol. The van der Waals surface area contributed by atoms with Gasteiger partial charge in [0, 0.05) is 49.2 Å². The summed E-state index contributed by atoms with van der Waals surface area (Å²) in [7, 11) is 2.16. The van der Waals surface area contributed by atoms with Gasteiger partial charge in [-0.1, -0.05) is 6.42 Å². The fourth-order valence-electron chi connectivity index (χ4n) is 5.27. The number of aromatic nitrogens is 6. The molecule has 1 amide bonds. The van der Waals surface area contributed by atoms with Gasteiger partial charge in [0.2, 0.25) is 5.91 Å². The first-order valence-corrected chi connectivity index (χ1v) is 13.1. The van der Waals surface area contributed by atoms with Crippen LogP contribution in [0.4, 0.5) is 11.4 Å². The molecule has 3 N–H and O–H groups in total. The number of carbonyl (C=O) groups is 1. The number of H-pyrrole nitrogens is 2. The predicted molar refractivity (Wildman–Crippen MR) is 148 cm³/mol. The Morgan fingerprint density at radius 2 is 1.84 bits per heavy atom. The lowest BCUT2D eigenvalue weighted by Gasteiger charge is -2.34. The third-order valence-corrected chi connectivity index (χ3v) is 7.81. The topological polar surface area (TPSA) is 119 Å². The van der Waals surface area contributed by atoms with E-state index in [4.69, 9.17) is 4.98 Å². The van der Waals surface area contributed by atoms with Crippen LogP contribution < -0.4 is 10.2 Å². The van der Waals surface area contributed by atoms with Crippen molar-refractivity contribution in [1.82, 2.24) is 35.0 Å². The number of rotatable bonds is 5. The zero-order chi connectivity index (χ0) is 25.6. The standard InChI is InChI=1S/C28H29N9O/c1-36-7-9-37(10-8-36)25-16-30-15-24-20(25)12-23(32-24)27-26-22(34-35-27)6-5-21(33-26)18-11-19(14-29-13-18)31-28(38)17-3-2-4-17/h5-6,11-17,32H,2-4,7-10H2,1H3,(H,31,38)(H,34,35). The van der Waals surface area contributed by atoms with Crippen molar-refractivity contribution in [3.63, 3.8) is 0 Å². The number of likely N-dealkylation sites (N-methyl/N-ethyl adjacent to an activating group) is 1. The quantitative estimate of drug-likeness (QED) is 0.328. The molecule has 0 unspecified atom stereocenters. The van der Waals surface area contributed by atoms with Gasteiger partial charge >= 0.3 is 0 Å². The van der Waals surface area contributed by atoms with Crippen LogP contribution in [0.15, 0.2) is 49.1 Å². The molecule has 38 heavy (non-hydrogen) atoms. The Morgan fingerprint density at radius 1 is 1.00 bits per heavy atom. The molecule has 1 saturated carbocycles. The number of pyridine rings is 3. The second-order valence-corrected chi connectivity index (χ2v) is 10.3. The fourth-order valence-corrected chi connectivity index (χ4v) is 5.27. The molecule has 5 aromatic heterocycles. The van der Waals surface area contributed by atoms with E-state index in [0.29, 0.717) is 5.69 Å². The highest BCUT2D eigenvalue weighted by Crippen LogP contribution is 2.34. The Morgan fingerprint density at radius 3 is 2.66 bits per heavy atom. The molecule has 0 radical (unpaired) electrons. The number of nitrogens with zero attached hydrogens (tertiary/aromatic N) is 6. The molecule has 5 aromatic rings. The lowest BCUT2D eigenvalue weighted by Crippen LogP contribution is -2.44. The number of anilines is 2. The number of nitrogens with one attached hydrogen (secondary N) is 3. The van der Waals surface area contributed by atoms with E-state index in [-0.39, 0.29) is 11.8 Å². The zero-order valence-corrected chi connectivity index (χ0v) is 21.2. The maximum absolute atomic E-state index is 12.4. The van der Waals surface area contributed by atoms with Crippen LogP contribution in [0, 0.1) is 5.92 Å². The molecule has 192 valence electrons. The average molecular weight is 508 g/mol. The monoisotopic (exact) mass is 507 g/mol. The van der Waals surface area contributed by atoms with Crippen LogP contribution in [-0.4, -0.2) is 74.2 Å². The van der Waals surface area contributed by atoms with Crippen LogP contribution in [0.1, 0.15) is 19.3 Å². The van der Waals surface area contributed by atoms with Crippen LogP contribution in [0.25, 0.3) is 44.6 Å². The van der Waals surface area contributed by atoms with Gasteiger partial charge in [-0.2, -0.15) is 5.10 Å². The summed E-state index contributed by atoms with van der Waals surface area (Å²) >= 11 is 0. The molecule has 1 saturated heterocycles. The normalized spacial score (nSPS) is 16.7. The minimum absolute atomic E-state index is 0.0694. The SMILES string of the molecule is CN1CCN(c2cncc3[nH]c(-c4n[nH]c5ccc(-c6cncc(NC(=O)C7CCC7)c6)nc45)cc23)CC1. The number of piperazine rings is 1. The number of hydrogen-bond acceptors (Lipinski definition) is 7. The highest BCUT2D eigenvalue weighted by atomic mass is 16.1. The summed E-state index contributed by atoms with van der Waals surface area (Å²) in [5, 5.41) is 11.9. The van der Waals surface area contributed by atoms with Crippen molar-refractivity contribution >= 4 is 39.2 Å². The largest absolute Gasteiger partial charge is 0.367 e. The summed E-state index contributed by atoms with van der Waals surface area (Å²) in [5.41, 5.74) is 7.67. The Kier molecular flexibility index (Phi) is 5.54. The molecule has 6 heterocycles. The van der Waals surface area contributed by atoms with Gasteiger partial charge in [0.15, 0.2) is 0 Å². The summed E-state index contributed by atoms with van der Waals surface area (Å²) < 4.78 is 0. The highest BCUT2D eigenvalue weighted by molar-refractivity contribution is 5.99. The number of amides is 1. The second-order valence-electron chi connectivity index (χ2n) is 10.3. The summed E-state index contributed by atoms with van der Waals surface area (Å²) in [6.07, 6.45) is 10.3. The molecule has 1 aliphatic heterocycles. The summed E-state index contributed by atoms with van der Waals surface area (Å²) in [6.45, 7) is 4.01. The first kappa shape index (κ1) is 22.9. The number of aromatic amines is 2. The van der Waals surface area contributed by atoms with Crippen molar-refractivity contribution in [1.29, 1.82) is 0 Å². The van der Waals surface area contributed by atoms with Crippen LogP contribution in [0.2, 0.25) is 0 Å². The van der Waals surface area contributed by atoms with Crippen LogP contribution in [0.3, 0.4) is 0 Å². The summed E-state index contributed by atoms with van der Waals surface area (Å²) in [6, 6.07) is 7.99. The van der Waals surface area contributed by atoms with E-state index in [0.717, 1.165) is 95.7 Å². The number of fused-ring (bicyclic) bond motifs is 2. The van der Waals surface area contributed by atoms with Crippen molar-refractivity contribution in [2.24, 2.45) is 5.92 Å². The van der Waals surface area contributed by atoms with E-state index in [2.05, 4.69) is 53.4 Å². The Hall–Kier alpha value is -4.31. The minimum atomic E-state index is 0.0694. The molecule has 2 aliphatic rings. The summed E-state index contributed by atoms with van der Waals surface area (Å²) in [4.78, 5) is 34.5. The van der Waals surface area contributed by atoms with Crippen molar-refractivity contribution in [3.05, 3.63) is 49.1 Å². The smallest absolute Gasteiger partial charge is 0.227 e. The first-order valence-electron chi connectivity index (χ1n) is 13.1. The minimum Gasteiger partial charge on any atom is -0.367 e. The molecule has 1 aliphatic carbocycles. The van der Waals surface area contributed by atoms with Gasteiger partial charge < -0.3 is 20.1 Å². The third kappa shape index (κ3) is 4.06. The zero-order valence-electron chi connectivity index (χ0n) is 21.2. The van der Waals surface area contributed by atoms with Gasteiger partial charge in [-0.25, -0.2) is 4.98 Å². The number of carbonyl (C=O) groups excluding carboxylic acids is 1. The van der Waals surface area contributed by atoms with Gasteiger partial charge in [-0.3, -0.25) is 19.9 Å². The maximum Gasteiger partial charge on any atom is 0.227 e. The first-order chi connectivity index (χ1) is 18.6. The van der Waals surface area contributed by atoms with Crippen molar-refractivity contribution in [2.45, 2.75) is 19.3 Å². The van der Waals surface area contributed by atoms with Gasteiger partial charge in [0.05, 0.1) is 52.4 Å². The van der Waals surface area contributed by atoms with Crippen LogP contribution in [-0.2, 0) is 4.79 Å². The van der Waals surface area contributed by atoms with E-state index in [1.807, 2.05) is 30.6 Å². The van der Waals surface area contributed by atoms with Crippen LogP contribution in [0.5, 0.6) is 0 Å². The molecular formula is C28H29N9O. The summed E-state index contributed by atoms with van der Waals surface area (Å²) in [5.74, 6) is 0.185. The Labute approximate surface area is 219 Å². The molecule has 0 spiro atoms. The molecule has 2 fully saturated rings. The van der Waals surface area contributed by atoms with Gasteiger partial charge in [0.25, 0.3) is 0 Å². The lowest BCUT2D eigenvalue weighted by molar-refractivity contribution is -0.122. The molecule has 0 aromatic carbocycles. The van der Waals surface area contributed by atoms with Gasteiger partial charge in [-0.05, 0) is 44.2 Å². The van der Waals surface area contributed by atoms with E-state index in [1.165, 1.54) is 0 Å². The Balaban J connectivity index is 1.22. The molecule has 0 atom stereocenters. The van der Waals surface area contributed by atoms with Crippen molar-refractivity contribution in [3.8, 4) is 22.6 Å². The van der Waals surface area contributed by atoms with Crippen LogP contribution >= 0.6 is 0 Å². The maximum atomic E-state index is 12.4. The molecule has 7 rings (SSSR count). The van der Waals surface area contributed by atoms with Crippen molar-refractivity contribution in [2.75, 3.05) is 43.4 Å². The Bertz CT molecular complexity index is 1640. The van der Waals surface area contributed by atoms with E-state index in [9.17, 15) is 4.79 Å². The molecule has 10 heteroatoms. The number of hydrogen-bond donors (Lipinski definition) is 3. The predicted octanol–water partition coefficient (Wildman–Crippen LogP) is 4.05. The van der Waals surface area contributed by atoms with Crippen molar-refractivity contribution < 1.29 is 4.79 Å². The van der Waals surface area contributed by atoms with Gasteiger partial charge in [-0.15, -0.1) is 0 Å². The fraction of sp³-hybridized carbons (Fsp3) is 0.321. The second kappa shape index (κ2) is 9.21. The van der Waals surface area contributed by atoms with E-state index >= 15 is 0 Å². The third-order valence-electron chi connectivity index (χ3n) is 7.81. The lowest BCUT2D eigenvalue weighted by atomic mass is 9.85. The van der Waals surface area contributed by atoms with Gasteiger partial charge in [0.1, 0.15) is 11.2 Å². The molecule has 0 bridgehead atoms. The van der Waals surface area contributed by atoms with E-state index < -0.39 is 0 Å². The highest BCUT2D eigenvalue weighted by Gasteiger charge is 2.25. The van der Waals surface area contributed by atoms with E-state index in [1.54, 1.807) is 12.4 Å².